The van der Waals surface area contributed by atoms with Crippen LogP contribution in [0.2, 0.25) is 0 Å². The van der Waals surface area contributed by atoms with Crippen LogP contribution in [0, 0.1) is 12.3 Å². The molecule has 1 saturated carbocycles. The van der Waals surface area contributed by atoms with Crippen LogP contribution in [0.1, 0.15) is 44.2 Å². The maximum atomic E-state index is 13.1. The number of hydroxylamine groups is 2. The molecule has 1 aromatic heterocycles. The number of hydrazine groups is 1. The zero-order chi connectivity index (χ0) is 20.7. The maximum Gasteiger partial charge on any atom is 0.246 e. The summed E-state index contributed by atoms with van der Waals surface area (Å²) in [5, 5.41) is 10.3. The van der Waals surface area contributed by atoms with Crippen LogP contribution in [0.3, 0.4) is 0 Å². The first kappa shape index (κ1) is 21.3. The minimum absolute atomic E-state index is 0.0300. The van der Waals surface area contributed by atoms with E-state index in [1.807, 2.05) is 13.0 Å². The zero-order valence-electron chi connectivity index (χ0n) is 16.9. The number of morpholine rings is 1. The van der Waals surface area contributed by atoms with E-state index in [4.69, 9.17) is 4.74 Å². The molecule has 0 atom stereocenters. The highest BCUT2D eigenvalue weighted by Crippen LogP contribution is 2.36. The molecule has 0 unspecified atom stereocenters. The third kappa shape index (κ3) is 5.54. The lowest BCUT2D eigenvalue weighted by atomic mass is 9.79. The van der Waals surface area contributed by atoms with Crippen LogP contribution < -0.4 is 15.8 Å². The molecular weight excluding hydrogens is 376 g/mol. The lowest BCUT2D eigenvalue weighted by Crippen LogP contribution is -2.49. The van der Waals surface area contributed by atoms with Crippen molar-refractivity contribution in [1.82, 2.24) is 20.5 Å². The Morgan fingerprint density at radius 2 is 1.97 bits per heavy atom. The summed E-state index contributed by atoms with van der Waals surface area (Å²) in [5.74, 6) is 0.822. The Balaban J connectivity index is 1.70. The summed E-state index contributed by atoms with van der Waals surface area (Å²) < 4.78 is 5.38. The monoisotopic (exact) mass is 406 g/mol. The molecule has 10 nitrogen and oxygen atoms in total. The molecule has 1 aliphatic heterocycles. The van der Waals surface area contributed by atoms with E-state index in [1.165, 1.54) is 0 Å². The maximum absolute atomic E-state index is 13.1. The van der Waals surface area contributed by atoms with E-state index in [0.717, 1.165) is 50.3 Å². The molecule has 3 rings (SSSR count). The molecule has 29 heavy (non-hydrogen) atoms. The van der Waals surface area contributed by atoms with Crippen molar-refractivity contribution in [2.45, 2.75) is 45.4 Å². The van der Waals surface area contributed by atoms with E-state index in [9.17, 15) is 14.8 Å². The van der Waals surface area contributed by atoms with Gasteiger partial charge < -0.3 is 9.64 Å². The lowest BCUT2D eigenvalue weighted by molar-refractivity contribution is -0.161. The molecule has 0 aromatic carbocycles. The first-order valence-corrected chi connectivity index (χ1v) is 10.2. The molecule has 2 fully saturated rings. The highest BCUT2D eigenvalue weighted by Gasteiger charge is 2.40. The van der Waals surface area contributed by atoms with Crippen molar-refractivity contribution in [3.05, 3.63) is 11.8 Å². The van der Waals surface area contributed by atoms with Gasteiger partial charge in [0.05, 0.1) is 25.2 Å². The van der Waals surface area contributed by atoms with E-state index >= 15 is 0 Å². The quantitative estimate of drug-likeness (QED) is 0.268. The Kier molecular flexibility index (Phi) is 7.21. The summed E-state index contributed by atoms with van der Waals surface area (Å²) in [6.07, 6.45) is 5.39. The fraction of sp³-hybridized carbons (Fsp3) is 0.684. The van der Waals surface area contributed by atoms with Gasteiger partial charge in [-0.1, -0.05) is 25.7 Å². The fourth-order valence-corrected chi connectivity index (χ4v) is 4.02. The number of carbonyl (C=O) groups excluding carboxylic acids is 2. The van der Waals surface area contributed by atoms with Crippen molar-refractivity contribution in [2.24, 2.45) is 5.41 Å². The van der Waals surface area contributed by atoms with Gasteiger partial charge in [0.2, 0.25) is 18.3 Å². The highest BCUT2D eigenvalue weighted by atomic mass is 16.5. The first-order chi connectivity index (χ1) is 14.0. The Morgan fingerprint density at radius 3 is 2.62 bits per heavy atom. The largest absolute Gasteiger partial charge is 0.378 e. The van der Waals surface area contributed by atoms with Gasteiger partial charge in [-0.05, 0) is 19.8 Å². The summed E-state index contributed by atoms with van der Waals surface area (Å²) in [5.41, 5.74) is 5.49. The Hall–Kier alpha value is -2.46. The summed E-state index contributed by atoms with van der Waals surface area (Å²) >= 11 is 0. The average Bonchev–Trinajstić information content (AvgIpc) is 2.98. The van der Waals surface area contributed by atoms with Crippen LogP contribution in [-0.2, 0) is 14.3 Å². The van der Waals surface area contributed by atoms with Gasteiger partial charge in [0, 0.05) is 24.8 Å². The molecule has 2 heterocycles. The molecule has 1 aromatic rings. The highest BCUT2D eigenvalue weighted by molar-refractivity contribution is 5.84. The molecular formula is C19H30N6O4. The Bertz CT molecular complexity index is 702. The van der Waals surface area contributed by atoms with Gasteiger partial charge in [-0.15, -0.1) is 0 Å². The molecule has 3 N–H and O–H groups in total. The van der Waals surface area contributed by atoms with Gasteiger partial charge in [0.15, 0.2) is 0 Å². The standard InChI is InChI=1S/C19H30N6O4/c1-15-12-16(24-8-10-29-11-9-24)21-18(20-15)23-22-17(27)19(13-25(28)14-26)6-4-2-3-5-7-19/h12,14,28H,2-11,13H2,1H3,(H,22,27)(H,20,21,23). The van der Waals surface area contributed by atoms with Gasteiger partial charge >= 0.3 is 0 Å². The predicted octanol–water partition coefficient (Wildman–Crippen LogP) is 1.25. The third-order valence-corrected chi connectivity index (χ3v) is 5.59. The van der Waals surface area contributed by atoms with Crippen LogP contribution in [0.4, 0.5) is 11.8 Å². The Labute approximate surface area is 170 Å². The van der Waals surface area contributed by atoms with E-state index in [1.54, 1.807) is 0 Å². The summed E-state index contributed by atoms with van der Waals surface area (Å²) in [6, 6.07) is 1.90. The number of anilines is 2. The van der Waals surface area contributed by atoms with Crippen molar-refractivity contribution >= 4 is 24.1 Å². The van der Waals surface area contributed by atoms with Gasteiger partial charge in [0.25, 0.3) is 0 Å². The molecule has 2 amide bonds. The van der Waals surface area contributed by atoms with Gasteiger partial charge in [-0.3, -0.25) is 25.6 Å². The molecule has 160 valence electrons. The second-order valence-corrected chi connectivity index (χ2v) is 7.77. The number of ether oxygens (including phenoxy) is 1. The number of rotatable bonds is 7. The molecule has 10 heteroatoms. The number of hydrogen-bond acceptors (Lipinski definition) is 8. The predicted molar refractivity (Wildman–Crippen MR) is 106 cm³/mol. The van der Waals surface area contributed by atoms with Gasteiger partial charge in [0.1, 0.15) is 5.82 Å². The van der Waals surface area contributed by atoms with Crippen LogP contribution in [0.15, 0.2) is 6.07 Å². The van der Waals surface area contributed by atoms with Crippen molar-refractivity contribution in [3.63, 3.8) is 0 Å². The van der Waals surface area contributed by atoms with E-state index in [2.05, 4.69) is 25.7 Å². The smallest absolute Gasteiger partial charge is 0.246 e. The molecule has 2 aliphatic rings. The SMILES string of the molecule is Cc1cc(N2CCOCC2)nc(NNC(=O)C2(CN(O)C=O)CCCCCC2)n1. The van der Waals surface area contributed by atoms with Gasteiger partial charge in [-0.25, -0.2) is 10.0 Å². The second kappa shape index (κ2) is 9.84. The number of carbonyl (C=O) groups is 2. The van der Waals surface area contributed by atoms with Crippen LogP contribution in [0.5, 0.6) is 0 Å². The number of amides is 2. The first-order valence-electron chi connectivity index (χ1n) is 10.2. The van der Waals surface area contributed by atoms with E-state index in [0.29, 0.717) is 43.5 Å². The summed E-state index contributed by atoms with van der Waals surface area (Å²) in [7, 11) is 0. The Morgan fingerprint density at radius 1 is 1.28 bits per heavy atom. The number of aryl methyl sites for hydroxylation is 1. The van der Waals surface area contributed by atoms with Gasteiger partial charge in [-0.2, -0.15) is 4.98 Å². The molecule has 0 radical (unpaired) electrons. The molecule has 0 bridgehead atoms. The minimum atomic E-state index is -0.837. The minimum Gasteiger partial charge on any atom is -0.378 e. The summed E-state index contributed by atoms with van der Waals surface area (Å²) in [4.78, 5) is 35.0. The normalized spacial score (nSPS) is 19.2. The number of aromatic nitrogens is 2. The topological polar surface area (TPSA) is 120 Å². The van der Waals surface area contributed by atoms with Crippen LogP contribution >= 0.6 is 0 Å². The van der Waals surface area contributed by atoms with Crippen LogP contribution in [-0.4, -0.2) is 65.4 Å². The average molecular weight is 406 g/mol. The fourth-order valence-electron chi connectivity index (χ4n) is 4.02. The molecule has 1 saturated heterocycles. The third-order valence-electron chi connectivity index (χ3n) is 5.59. The zero-order valence-corrected chi connectivity index (χ0v) is 16.9. The van der Waals surface area contributed by atoms with E-state index < -0.39 is 5.41 Å². The van der Waals surface area contributed by atoms with Crippen LogP contribution in [0.25, 0.3) is 0 Å². The number of nitrogens with zero attached hydrogens (tertiary/aromatic N) is 4. The molecule has 0 spiro atoms. The van der Waals surface area contributed by atoms with E-state index in [-0.39, 0.29) is 12.5 Å². The lowest BCUT2D eigenvalue weighted by Gasteiger charge is -2.33. The van der Waals surface area contributed by atoms with Crippen molar-refractivity contribution in [3.8, 4) is 0 Å². The van der Waals surface area contributed by atoms with Crippen molar-refractivity contribution in [1.29, 1.82) is 0 Å². The van der Waals surface area contributed by atoms with Crippen molar-refractivity contribution < 1.29 is 19.5 Å². The number of nitrogens with one attached hydrogen (secondary N) is 2. The second-order valence-electron chi connectivity index (χ2n) is 7.77. The number of hydrogen-bond donors (Lipinski definition) is 3. The molecule has 1 aliphatic carbocycles. The van der Waals surface area contributed by atoms with Crippen molar-refractivity contribution in [2.75, 3.05) is 43.2 Å². The summed E-state index contributed by atoms with van der Waals surface area (Å²) in [6.45, 7) is 4.66.